The molecule has 0 aliphatic carbocycles. The molecule has 0 radical (unpaired) electrons. The van der Waals surface area contributed by atoms with E-state index in [4.69, 9.17) is 0 Å². The Morgan fingerprint density at radius 3 is 2.77 bits per heavy atom. The number of rotatable bonds is 2. The molecular formula is C16H16N4O4S2. The zero-order valence-electron chi connectivity index (χ0n) is 14.1. The van der Waals surface area contributed by atoms with Crippen molar-refractivity contribution in [2.24, 2.45) is 0 Å². The molecule has 0 N–H and O–H groups in total. The van der Waals surface area contributed by atoms with Crippen molar-refractivity contribution in [1.29, 1.82) is 0 Å². The number of nitrogens with zero attached hydrogens (tertiary/aromatic N) is 4. The van der Waals surface area contributed by atoms with Gasteiger partial charge in [-0.15, -0.1) is 11.3 Å². The maximum absolute atomic E-state index is 12.7. The molecule has 10 heteroatoms. The van der Waals surface area contributed by atoms with Gasteiger partial charge in [0.15, 0.2) is 0 Å². The van der Waals surface area contributed by atoms with Gasteiger partial charge in [-0.05, 0) is 13.0 Å². The van der Waals surface area contributed by atoms with E-state index < -0.39 is 0 Å². The van der Waals surface area contributed by atoms with Crippen molar-refractivity contribution >= 4 is 50.4 Å². The smallest absolute Gasteiger partial charge is 0.289 e. The summed E-state index contributed by atoms with van der Waals surface area (Å²) in [6, 6.07) is 1.85. The summed E-state index contributed by atoms with van der Waals surface area (Å²) < 4.78 is 1.63. The van der Waals surface area contributed by atoms with Gasteiger partial charge in [0.25, 0.3) is 10.8 Å². The van der Waals surface area contributed by atoms with Crippen LogP contribution in [0.3, 0.4) is 0 Å². The lowest BCUT2D eigenvalue weighted by Crippen LogP contribution is -2.43. The van der Waals surface area contributed by atoms with Crippen LogP contribution in [0.15, 0.2) is 10.9 Å². The molecule has 26 heavy (non-hydrogen) atoms. The summed E-state index contributed by atoms with van der Waals surface area (Å²) in [6.07, 6.45) is 0.463. The van der Waals surface area contributed by atoms with Crippen LogP contribution in [0, 0.1) is 6.92 Å². The minimum Gasteiger partial charge on any atom is -0.339 e. The third-order valence-corrected chi connectivity index (χ3v) is 6.34. The third-order valence-electron chi connectivity index (χ3n) is 4.54. The summed E-state index contributed by atoms with van der Waals surface area (Å²) in [5.41, 5.74) is -0.0788. The van der Waals surface area contributed by atoms with Crippen molar-refractivity contribution in [2.45, 2.75) is 19.9 Å². The van der Waals surface area contributed by atoms with Crippen molar-refractivity contribution < 1.29 is 14.4 Å². The number of thiophene rings is 1. The molecule has 1 saturated heterocycles. The van der Waals surface area contributed by atoms with Gasteiger partial charge in [-0.25, -0.2) is 4.98 Å². The number of imide groups is 1. The first-order chi connectivity index (χ1) is 12.4. The second-order valence-electron chi connectivity index (χ2n) is 6.23. The molecule has 0 atom stereocenters. The Hall–Kier alpha value is -2.20. The van der Waals surface area contributed by atoms with E-state index in [1.54, 1.807) is 9.47 Å². The highest BCUT2D eigenvalue weighted by molar-refractivity contribution is 8.14. The van der Waals surface area contributed by atoms with E-state index in [0.29, 0.717) is 37.3 Å². The first kappa shape index (κ1) is 17.2. The molecule has 4 heterocycles. The maximum atomic E-state index is 12.7. The second-order valence-corrected chi connectivity index (χ2v) is 8.39. The van der Waals surface area contributed by atoms with Crippen molar-refractivity contribution in [2.75, 3.05) is 25.4 Å². The molecule has 2 aliphatic heterocycles. The molecule has 0 saturated carbocycles. The van der Waals surface area contributed by atoms with Crippen molar-refractivity contribution in [1.82, 2.24) is 19.4 Å². The fourth-order valence-corrected chi connectivity index (χ4v) is 4.80. The van der Waals surface area contributed by atoms with Gasteiger partial charge >= 0.3 is 0 Å². The Labute approximate surface area is 156 Å². The molecule has 4 rings (SSSR count). The molecule has 0 unspecified atom stereocenters. The van der Waals surface area contributed by atoms with Crippen LogP contribution in [-0.4, -0.2) is 61.8 Å². The highest BCUT2D eigenvalue weighted by Gasteiger charge is 2.33. The Bertz CT molecular complexity index is 980. The first-order valence-corrected chi connectivity index (χ1v) is 9.99. The van der Waals surface area contributed by atoms with E-state index in [2.05, 4.69) is 4.98 Å². The van der Waals surface area contributed by atoms with Gasteiger partial charge in [0.05, 0.1) is 11.1 Å². The van der Waals surface area contributed by atoms with Crippen LogP contribution in [-0.2, 0) is 22.6 Å². The molecule has 8 nitrogen and oxygen atoms in total. The van der Waals surface area contributed by atoms with Crippen LogP contribution < -0.4 is 5.56 Å². The van der Waals surface area contributed by atoms with Crippen molar-refractivity contribution in [3.05, 3.63) is 27.1 Å². The SMILES string of the molecule is Cc1cc2c(=O)n3c(nc2s1)CCN(C(=O)CN1C(=O)CSC1=O)CC3. The minimum absolute atomic E-state index is 0.0788. The molecule has 2 aromatic heterocycles. The van der Waals surface area contributed by atoms with Gasteiger partial charge in [0, 0.05) is 30.9 Å². The monoisotopic (exact) mass is 392 g/mol. The molecule has 0 spiro atoms. The zero-order chi connectivity index (χ0) is 18.4. The number of thioether (sulfide) groups is 1. The topological polar surface area (TPSA) is 92.6 Å². The van der Waals surface area contributed by atoms with Gasteiger partial charge in [0.2, 0.25) is 11.8 Å². The number of aryl methyl sites for hydroxylation is 1. The molecule has 1 fully saturated rings. The van der Waals surface area contributed by atoms with Gasteiger partial charge in [0.1, 0.15) is 17.2 Å². The van der Waals surface area contributed by atoms with Gasteiger partial charge < -0.3 is 4.90 Å². The highest BCUT2D eigenvalue weighted by Crippen LogP contribution is 2.22. The fourth-order valence-electron chi connectivity index (χ4n) is 3.19. The average molecular weight is 392 g/mol. The highest BCUT2D eigenvalue weighted by atomic mass is 32.2. The van der Waals surface area contributed by atoms with Gasteiger partial charge in [-0.2, -0.15) is 0 Å². The number of amides is 3. The largest absolute Gasteiger partial charge is 0.339 e. The van der Waals surface area contributed by atoms with Crippen molar-refractivity contribution in [3.63, 3.8) is 0 Å². The van der Waals surface area contributed by atoms with Crippen LogP contribution >= 0.6 is 23.1 Å². The lowest BCUT2D eigenvalue weighted by Gasteiger charge is -2.22. The average Bonchev–Trinajstić information content (AvgIpc) is 3.03. The standard InChI is InChI=1S/C16H16N4O4S2/c1-9-6-10-14(26-9)17-11-2-3-18(4-5-19(11)15(10)23)12(21)7-20-13(22)8-25-16(20)24/h6H,2-5,7-8H2,1H3. The lowest BCUT2D eigenvalue weighted by molar-refractivity contribution is -0.136. The quantitative estimate of drug-likeness (QED) is 0.752. The van der Waals surface area contributed by atoms with Gasteiger partial charge in [-0.3, -0.25) is 28.6 Å². The number of hydrogen-bond donors (Lipinski definition) is 0. The molecule has 3 amide bonds. The van der Waals surface area contributed by atoms with Crippen molar-refractivity contribution in [3.8, 4) is 0 Å². The van der Waals surface area contributed by atoms with Crippen LogP contribution in [0.5, 0.6) is 0 Å². The Kier molecular flexibility index (Phi) is 4.31. The Morgan fingerprint density at radius 2 is 2.04 bits per heavy atom. The Balaban J connectivity index is 1.54. The molecular weight excluding hydrogens is 376 g/mol. The van der Waals surface area contributed by atoms with E-state index in [1.165, 1.54) is 11.3 Å². The second kappa shape index (κ2) is 6.51. The predicted molar refractivity (Wildman–Crippen MR) is 98.5 cm³/mol. The van der Waals surface area contributed by atoms with E-state index in [9.17, 15) is 19.2 Å². The van der Waals surface area contributed by atoms with E-state index in [-0.39, 0.29) is 34.9 Å². The maximum Gasteiger partial charge on any atom is 0.289 e. The number of carbonyl (C=O) groups is 3. The summed E-state index contributed by atoms with van der Waals surface area (Å²) in [5.74, 6) is 0.142. The van der Waals surface area contributed by atoms with E-state index in [0.717, 1.165) is 26.4 Å². The summed E-state index contributed by atoms with van der Waals surface area (Å²) in [7, 11) is 0. The van der Waals surface area contributed by atoms with Crippen LogP contribution in [0.1, 0.15) is 10.7 Å². The number of aromatic nitrogens is 2. The lowest BCUT2D eigenvalue weighted by atomic mass is 10.3. The third kappa shape index (κ3) is 2.92. The Morgan fingerprint density at radius 1 is 1.23 bits per heavy atom. The molecule has 0 bridgehead atoms. The summed E-state index contributed by atoms with van der Waals surface area (Å²) in [4.78, 5) is 57.5. The van der Waals surface area contributed by atoms with E-state index in [1.807, 2.05) is 13.0 Å². The summed E-state index contributed by atoms with van der Waals surface area (Å²) in [6.45, 7) is 2.82. The summed E-state index contributed by atoms with van der Waals surface area (Å²) >= 11 is 2.40. The molecule has 136 valence electrons. The van der Waals surface area contributed by atoms with Crippen LogP contribution in [0.2, 0.25) is 0 Å². The number of carbonyl (C=O) groups excluding carboxylic acids is 3. The number of hydrogen-bond acceptors (Lipinski definition) is 7. The first-order valence-electron chi connectivity index (χ1n) is 8.19. The molecule has 2 aromatic rings. The van der Waals surface area contributed by atoms with Crippen LogP contribution in [0.25, 0.3) is 10.2 Å². The fraction of sp³-hybridized carbons (Fsp3) is 0.438. The summed E-state index contributed by atoms with van der Waals surface area (Å²) in [5, 5.41) is 0.233. The van der Waals surface area contributed by atoms with Crippen LogP contribution in [0.4, 0.5) is 4.79 Å². The van der Waals surface area contributed by atoms with Gasteiger partial charge in [-0.1, -0.05) is 11.8 Å². The minimum atomic E-state index is -0.380. The van der Waals surface area contributed by atoms with E-state index >= 15 is 0 Å². The zero-order valence-corrected chi connectivity index (χ0v) is 15.7. The predicted octanol–water partition coefficient (Wildman–Crippen LogP) is 0.847. The normalized spacial score (nSPS) is 17.7. The number of fused-ring (bicyclic) bond motifs is 2. The molecule has 0 aromatic carbocycles. The molecule has 2 aliphatic rings.